The first-order valence-corrected chi connectivity index (χ1v) is 6.75. The molecule has 1 aromatic heterocycles. The van der Waals surface area contributed by atoms with Crippen molar-refractivity contribution in [2.75, 3.05) is 12.3 Å². The number of nitrogens with zero attached hydrogens (tertiary/aromatic N) is 2. The second-order valence-corrected chi connectivity index (χ2v) is 5.14. The number of aliphatic hydroxyl groups is 1. The van der Waals surface area contributed by atoms with Crippen molar-refractivity contribution in [3.63, 3.8) is 0 Å². The lowest BCUT2D eigenvalue weighted by atomic mass is 10.1. The monoisotopic (exact) mass is 267 g/mol. The van der Waals surface area contributed by atoms with E-state index in [1.807, 2.05) is 0 Å². The molecule has 0 aromatic carbocycles. The fourth-order valence-electron chi connectivity index (χ4n) is 2.06. The number of aliphatic hydroxyl groups excluding tert-OH is 1. The highest BCUT2D eigenvalue weighted by molar-refractivity contribution is 8.02. The number of hydrogen-bond donors (Lipinski definition) is 2. The van der Waals surface area contributed by atoms with Gasteiger partial charge in [-0.05, 0) is 18.2 Å². The molecule has 98 valence electrons. The molecule has 0 saturated carbocycles. The van der Waals surface area contributed by atoms with Crippen molar-refractivity contribution in [3.8, 4) is 0 Å². The highest BCUT2D eigenvalue weighted by atomic mass is 32.2. The number of thioether (sulfide) groups is 1. The molecule has 0 amide bonds. The highest BCUT2D eigenvalue weighted by Crippen LogP contribution is 2.30. The van der Waals surface area contributed by atoms with E-state index in [-0.39, 0.29) is 18.8 Å². The maximum atomic E-state index is 9.04. The molecule has 0 bridgehead atoms. The van der Waals surface area contributed by atoms with E-state index in [4.69, 9.17) is 15.6 Å². The van der Waals surface area contributed by atoms with Crippen molar-refractivity contribution in [1.82, 2.24) is 9.97 Å². The Balaban J connectivity index is 2.09. The van der Waals surface area contributed by atoms with Gasteiger partial charge in [0.05, 0.1) is 29.4 Å². The molecule has 18 heavy (non-hydrogen) atoms. The minimum atomic E-state index is -0.0373. The molecule has 1 fully saturated rings. The van der Waals surface area contributed by atoms with Crippen LogP contribution in [0.2, 0.25) is 0 Å². The Hall–Kier alpha value is -1.11. The van der Waals surface area contributed by atoms with Crippen LogP contribution in [0.25, 0.3) is 0 Å². The van der Waals surface area contributed by atoms with E-state index in [9.17, 15) is 0 Å². The van der Waals surface area contributed by atoms with Crippen molar-refractivity contribution in [2.24, 2.45) is 0 Å². The van der Waals surface area contributed by atoms with Crippen LogP contribution in [0.5, 0.6) is 0 Å². The van der Waals surface area contributed by atoms with Gasteiger partial charge in [-0.1, -0.05) is 18.3 Å². The number of nitrogens with two attached hydrogens (primary N) is 1. The van der Waals surface area contributed by atoms with Gasteiger partial charge < -0.3 is 15.6 Å². The number of nitrogen functional groups attached to an aromatic ring is 1. The maximum absolute atomic E-state index is 9.04. The Morgan fingerprint density at radius 3 is 2.94 bits per heavy atom. The molecule has 0 radical (unpaired) electrons. The Kier molecular flexibility index (Phi) is 4.57. The van der Waals surface area contributed by atoms with E-state index in [0.717, 1.165) is 23.4 Å². The van der Waals surface area contributed by atoms with Gasteiger partial charge in [-0.3, -0.25) is 0 Å². The van der Waals surface area contributed by atoms with Gasteiger partial charge >= 0.3 is 0 Å². The van der Waals surface area contributed by atoms with Crippen LogP contribution >= 0.6 is 11.8 Å². The summed E-state index contributed by atoms with van der Waals surface area (Å²) in [5.74, 6) is 0.474. The Morgan fingerprint density at radius 2 is 2.28 bits per heavy atom. The van der Waals surface area contributed by atoms with Crippen LogP contribution in [-0.4, -0.2) is 33.9 Å². The van der Waals surface area contributed by atoms with Gasteiger partial charge in [0.1, 0.15) is 12.1 Å². The number of hydrogen-bond acceptors (Lipinski definition) is 6. The zero-order valence-corrected chi connectivity index (χ0v) is 10.9. The molecule has 2 atom stereocenters. The molecule has 5 nitrogen and oxygen atoms in total. The van der Waals surface area contributed by atoms with Crippen LogP contribution in [0.3, 0.4) is 0 Å². The van der Waals surface area contributed by atoms with Crippen molar-refractivity contribution < 1.29 is 9.84 Å². The summed E-state index contributed by atoms with van der Waals surface area (Å²) in [6.07, 6.45) is 4.06. The van der Waals surface area contributed by atoms with Gasteiger partial charge in [-0.2, -0.15) is 0 Å². The first kappa shape index (κ1) is 13.3. The zero-order valence-electron chi connectivity index (χ0n) is 10.1. The number of anilines is 1. The molecule has 2 rings (SSSR count). The SMILES string of the molecule is C=CSc1c(N)ncnc1CC1CCC(CO)O1. The van der Waals surface area contributed by atoms with Gasteiger partial charge in [0.15, 0.2) is 0 Å². The molecule has 0 aliphatic carbocycles. The third-order valence-corrected chi connectivity index (χ3v) is 3.77. The van der Waals surface area contributed by atoms with E-state index in [0.29, 0.717) is 12.2 Å². The quantitative estimate of drug-likeness (QED) is 0.784. The molecular weight excluding hydrogens is 250 g/mol. The molecule has 1 aromatic rings. The summed E-state index contributed by atoms with van der Waals surface area (Å²) in [4.78, 5) is 9.10. The topological polar surface area (TPSA) is 81.3 Å². The summed E-state index contributed by atoms with van der Waals surface area (Å²) in [7, 11) is 0. The third-order valence-electron chi connectivity index (χ3n) is 2.93. The average molecular weight is 267 g/mol. The van der Waals surface area contributed by atoms with Gasteiger partial charge in [0.25, 0.3) is 0 Å². The van der Waals surface area contributed by atoms with Crippen molar-refractivity contribution >= 4 is 17.6 Å². The lowest BCUT2D eigenvalue weighted by molar-refractivity contribution is 0.0116. The molecule has 1 saturated heterocycles. The number of aromatic nitrogens is 2. The van der Waals surface area contributed by atoms with Gasteiger partial charge in [-0.25, -0.2) is 9.97 Å². The Bertz CT molecular complexity index is 428. The molecular formula is C12H17N3O2S. The standard InChI is InChI=1S/C12H17N3O2S/c1-2-18-11-10(14-7-15-12(11)13)5-8-3-4-9(6-16)17-8/h2,7-9,16H,1,3-6H2,(H2,13,14,15). The van der Waals surface area contributed by atoms with E-state index in [1.54, 1.807) is 5.41 Å². The van der Waals surface area contributed by atoms with Gasteiger partial charge in [0, 0.05) is 6.42 Å². The Morgan fingerprint density at radius 1 is 1.50 bits per heavy atom. The van der Waals surface area contributed by atoms with Crippen LogP contribution in [0.15, 0.2) is 23.2 Å². The first-order chi connectivity index (χ1) is 8.74. The van der Waals surface area contributed by atoms with Crippen LogP contribution in [-0.2, 0) is 11.2 Å². The molecule has 6 heteroatoms. The van der Waals surface area contributed by atoms with E-state index in [1.165, 1.54) is 18.1 Å². The van der Waals surface area contributed by atoms with E-state index >= 15 is 0 Å². The Labute approximate surface area is 110 Å². The predicted molar refractivity (Wildman–Crippen MR) is 71.2 cm³/mol. The summed E-state index contributed by atoms with van der Waals surface area (Å²) in [5.41, 5.74) is 6.72. The molecule has 2 unspecified atom stereocenters. The summed E-state index contributed by atoms with van der Waals surface area (Å²) in [5, 5.41) is 10.8. The zero-order chi connectivity index (χ0) is 13.0. The summed E-state index contributed by atoms with van der Waals surface area (Å²) in [6, 6.07) is 0. The van der Waals surface area contributed by atoms with Crippen molar-refractivity contribution in [2.45, 2.75) is 36.4 Å². The molecule has 1 aliphatic heterocycles. The number of ether oxygens (including phenoxy) is 1. The minimum Gasteiger partial charge on any atom is -0.394 e. The second kappa shape index (κ2) is 6.17. The summed E-state index contributed by atoms with van der Waals surface area (Å²) >= 11 is 1.43. The van der Waals surface area contributed by atoms with Gasteiger partial charge in [0.2, 0.25) is 0 Å². The fourth-order valence-corrected chi connectivity index (χ4v) is 2.68. The predicted octanol–water partition coefficient (Wildman–Crippen LogP) is 1.38. The van der Waals surface area contributed by atoms with Crippen LogP contribution < -0.4 is 5.73 Å². The first-order valence-electron chi connectivity index (χ1n) is 5.87. The van der Waals surface area contributed by atoms with Crippen LogP contribution in [0.4, 0.5) is 5.82 Å². The van der Waals surface area contributed by atoms with E-state index < -0.39 is 0 Å². The normalized spacial score (nSPS) is 23.2. The van der Waals surface area contributed by atoms with Crippen LogP contribution in [0, 0.1) is 0 Å². The van der Waals surface area contributed by atoms with E-state index in [2.05, 4.69) is 16.5 Å². The molecule has 1 aliphatic rings. The van der Waals surface area contributed by atoms with Crippen molar-refractivity contribution in [3.05, 3.63) is 24.0 Å². The summed E-state index contributed by atoms with van der Waals surface area (Å²) < 4.78 is 5.70. The molecule has 0 spiro atoms. The number of rotatable bonds is 5. The lowest BCUT2D eigenvalue weighted by Gasteiger charge is -2.14. The highest BCUT2D eigenvalue weighted by Gasteiger charge is 2.26. The van der Waals surface area contributed by atoms with Gasteiger partial charge in [-0.15, -0.1) is 0 Å². The molecule has 2 heterocycles. The smallest absolute Gasteiger partial charge is 0.141 e. The fraction of sp³-hybridized carbons (Fsp3) is 0.500. The third kappa shape index (κ3) is 3.01. The average Bonchev–Trinajstić information content (AvgIpc) is 2.81. The lowest BCUT2D eigenvalue weighted by Crippen LogP contribution is -2.17. The van der Waals surface area contributed by atoms with Crippen LogP contribution in [0.1, 0.15) is 18.5 Å². The largest absolute Gasteiger partial charge is 0.394 e. The molecule has 3 N–H and O–H groups in total. The minimum absolute atomic E-state index is 0.0373. The maximum Gasteiger partial charge on any atom is 0.141 e. The second-order valence-electron chi connectivity index (χ2n) is 4.16. The van der Waals surface area contributed by atoms with Crippen molar-refractivity contribution in [1.29, 1.82) is 0 Å². The summed E-state index contributed by atoms with van der Waals surface area (Å²) in [6.45, 7) is 3.76.